The van der Waals surface area contributed by atoms with E-state index in [0.29, 0.717) is 6.61 Å². The van der Waals surface area contributed by atoms with E-state index in [2.05, 4.69) is 23.5 Å². The molecule has 0 saturated carbocycles. The highest BCUT2D eigenvalue weighted by Crippen LogP contribution is 2.47. The Morgan fingerprint density at radius 2 is 1.88 bits per heavy atom. The summed E-state index contributed by atoms with van der Waals surface area (Å²) in [7, 11) is 0. The Bertz CT molecular complexity index is 731. The van der Waals surface area contributed by atoms with Crippen molar-refractivity contribution in [2.24, 2.45) is 0 Å². The second-order valence-corrected chi connectivity index (χ2v) is 6.55. The maximum absolute atomic E-state index is 12.8. The summed E-state index contributed by atoms with van der Waals surface area (Å²) in [6, 6.07) is 18.2. The van der Waals surface area contributed by atoms with Gasteiger partial charge in [-0.3, -0.25) is 4.90 Å². The number of hydrogen-bond acceptors (Lipinski definition) is 3. The van der Waals surface area contributed by atoms with Crippen molar-refractivity contribution in [3.8, 4) is 0 Å². The fourth-order valence-electron chi connectivity index (χ4n) is 4.06. The molecule has 0 bridgehead atoms. The van der Waals surface area contributed by atoms with Gasteiger partial charge in [0.15, 0.2) is 0 Å². The van der Waals surface area contributed by atoms with Gasteiger partial charge in [0, 0.05) is 24.3 Å². The topological polar surface area (TPSA) is 41.6 Å². The van der Waals surface area contributed by atoms with Gasteiger partial charge in [-0.2, -0.15) is 0 Å². The average Bonchev–Trinajstić information content (AvgIpc) is 3.05. The number of ether oxygens (including phenoxy) is 1. The van der Waals surface area contributed by atoms with E-state index in [1.54, 1.807) is 0 Å². The first kappa shape index (κ1) is 15.1. The van der Waals surface area contributed by atoms with Crippen LogP contribution in [0, 0.1) is 0 Å². The van der Waals surface area contributed by atoms with Crippen molar-refractivity contribution < 1.29 is 9.53 Å². The molecule has 2 heterocycles. The first-order valence-corrected chi connectivity index (χ1v) is 8.61. The Hall–Kier alpha value is -2.49. The first-order chi connectivity index (χ1) is 11.8. The molecule has 1 fully saturated rings. The van der Waals surface area contributed by atoms with Crippen LogP contribution in [0.25, 0.3) is 0 Å². The van der Waals surface area contributed by atoms with Crippen LogP contribution in [0.4, 0.5) is 10.5 Å². The van der Waals surface area contributed by atoms with Gasteiger partial charge in [0.1, 0.15) is 6.61 Å². The molecule has 1 spiro atoms. The number of carbonyl (C=O) groups excluding carboxylic acids is 1. The van der Waals surface area contributed by atoms with Crippen LogP contribution >= 0.6 is 0 Å². The number of likely N-dealkylation sites (tertiary alicyclic amines) is 1. The highest BCUT2D eigenvalue weighted by molar-refractivity contribution is 5.71. The second kappa shape index (κ2) is 6.19. The van der Waals surface area contributed by atoms with Crippen LogP contribution in [0.3, 0.4) is 0 Å². The lowest BCUT2D eigenvalue weighted by atomic mass is 9.81. The highest BCUT2D eigenvalue weighted by Gasteiger charge is 2.47. The number of carbonyl (C=O) groups is 1. The standard InChI is InChI=1S/C20H22N2O2/c23-19(24-15-16-7-2-1-3-8-16)22-14-6-11-20(22)12-13-21-18-10-5-4-9-17(18)20/h1-5,7-10,21H,6,11-15H2/t20-/m0/s1. The lowest BCUT2D eigenvalue weighted by Gasteiger charge is -2.42. The molecule has 4 nitrogen and oxygen atoms in total. The molecule has 24 heavy (non-hydrogen) atoms. The van der Waals surface area contributed by atoms with Crippen molar-refractivity contribution in [1.82, 2.24) is 4.90 Å². The van der Waals surface area contributed by atoms with E-state index in [-0.39, 0.29) is 11.6 Å². The Morgan fingerprint density at radius 1 is 1.08 bits per heavy atom. The fraction of sp³-hybridized carbons (Fsp3) is 0.350. The van der Waals surface area contributed by atoms with Gasteiger partial charge < -0.3 is 10.1 Å². The van der Waals surface area contributed by atoms with Crippen LogP contribution in [0.5, 0.6) is 0 Å². The molecular formula is C20H22N2O2. The number of nitrogens with zero attached hydrogens (tertiary/aromatic N) is 1. The third-order valence-corrected chi connectivity index (χ3v) is 5.20. The van der Waals surface area contributed by atoms with E-state index < -0.39 is 0 Å². The lowest BCUT2D eigenvalue weighted by molar-refractivity contribution is 0.0603. The van der Waals surface area contributed by atoms with E-state index in [1.165, 1.54) is 5.56 Å². The summed E-state index contributed by atoms with van der Waals surface area (Å²) >= 11 is 0. The summed E-state index contributed by atoms with van der Waals surface area (Å²) in [5.74, 6) is 0. The van der Waals surface area contributed by atoms with E-state index in [9.17, 15) is 4.79 Å². The minimum absolute atomic E-state index is 0.201. The molecule has 0 radical (unpaired) electrons. The molecule has 4 heteroatoms. The SMILES string of the molecule is O=C(OCc1ccccc1)N1CCC[C@@]12CCNc1ccccc12. The van der Waals surface area contributed by atoms with E-state index in [0.717, 1.165) is 43.6 Å². The molecule has 0 aromatic heterocycles. The van der Waals surface area contributed by atoms with Gasteiger partial charge in [0.05, 0.1) is 5.54 Å². The summed E-state index contributed by atoms with van der Waals surface area (Å²) in [5, 5.41) is 3.45. The molecular weight excluding hydrogens is 300 g/mol. The fourth-order valence-corrected chi connectivity index (χ4v) is 4.06. The van der Waals surface area contributed by atoms with Crippen LogP contribution in [-0.2, 0) is 16.9 Å². The molecule has 4 rings (SSSR count). The Balaban J connectivity index is 1.56. The molecule has 124 valence electrons. The third kappa shape index (κ3) is 2.52. The molecule has 2 aromatic rings. The van der Waals surface area contributed by atoms with Crippen molar-refractivity contribution in [3.05, 3.63) is 65.7 Å². The monoisotopic (exact) mass is 322 g/mol. The maximum Gasteiger partial charge on any atom is 0.410 e. The number of fused-ring (bicyclic) bond motifs is 2. The summed E-state index contributed by atoms with van der Waals surface area (Å²) in [6.45, 7) is 1.98. The molecule has 0 unspecified atom stereocenters. The molecule has 1 amide bonds. The molecule has 2 aromatic carbocycles. The van der Waals surface area contributed by atoms with Crippen LogP contribution in [0.1, 0.15) is 30.4 Å². The number of para-hydroxylation sites is 1. The van der Waals surface area contributed by atoms with Crippen molar-refractivity contribution in [3.63, 3.8) is 0 Å². The van der Waals surface area contributed by atoms with Gasteiger partial charge >= 0.3 is 6.09 Å². The third-order valence-electron chi connectivity index (χ3n) is 5.20. The summed E-state index contributed by atoms with van der Waals surface area (Å²) < 4.78 is 5.62. The molecule has 2 aliphatic rings. The summed E-state index contributed by atoms with van der Waals surface area (Å²) in [6.07, 6.45) is 2.76. The molecule has 1 N–H and O–H groups in total. The summed E-state index contributed by atoms with van der Waals surface area (Å²) in [5.41, 5.74) is 3.18. The minimum Gasteiger partial charge on any atom is -0.445 e. The normalized spacial score (nSPS) is 22.1. The Kier molecular flexibility index (Phi) is 3.89. The van der Waals surface area contributed by atoms with Gasteiger partial charge in [-0.15, -0.1) is 0 Å². The number of hydrogen-bond donors (Lipinski definition) is 1. The zero-order chi connectivity index (χ0) is 16.4. The van der Waals surface area contributed by atoms with Crippen molar-refractivity contribution in [2.75, 3.05) is 18.4 Å². The number of amides is 1. The van der Waals surface area contributed by atoms with Gasteiger partial charge in [-0.1, -0.05) is 48.5 Å². The number of benzene rings is 2. The smallest absolute Gasteiger partial charge is 0.410 e. The Morgan fingerprint density at radius 3 is 2.75 bits per heavy atom. The van der Waals surface area contributed by atoms with Crippen molar-refractivity contribution in [2.45, 2.75) is 31.4 Å². The van der Waals surface area contributed by atoms with Crippen LogP contribution in [0.15, 0.2) is 54.6 Å². The van der Waals surface area contributed by atoms with E-state index >= 15 is 0 Å². The predicted molar refractivity (Wildman–Crippen MR) is 93.8 cm³/mol. The van der Waals surface area contributed by atoms with Gasteiger partial charge in [0.2, 0.25) is 0 Å². The van der Waals surface area contributed by atoms with Gasteiger partial charge in [0.25, 0.3) is 0 Å². The second-order valence-electron chi connectivity index (χ2n) is 6.55. The van der Waals surface area contributed by atoms with E-state index in [4.69, 9.17) is 4.74 Å². The maximum atomic E-state index is 12.8. The van der Waals surface area contributed by atoms with Crippen molar-refractivity contribution >= 4 is 11.8 Å². The van der Waals surface area contributed by atoms with Gasteiger partial charge in [-0.05, 0) is 30.9 Å². The zero-order valence-corrected chi connectivity index (χ0v) is 13.7. The predicted octanol–water partition coefficient (Wildman–Crippen LogP) is 4.13. The molecule has 2 aliphatic heterocycles. The summed E-state index contributed by atoms with van der Waals surface area (Å²) in [4.78, 5) is 14.7. The minimum atomic E-state index is -0.213. The zero-order valence-electron chi connectivity index (χ0n) is 13.7. The number of nitrogens with one attached hydrogen (secondary N) is 1. The number of anilines is 1. The Labute approximate surface area is 142 Å². The quantitative estimate of drug-likeness (QED) is 0.904. The first-order valence-electron chi connectivity index (χ1n) is 8.61. The molecule has 1 saturated heterocycles. The molecule has 1 atom stereocenters. The van der Waals surface area contributed by atoms with Gasteiger partial charge in [-0.25, -0.2) is 4.79 Å². The van der Waals surface area contributed by atoms with Crippen LogP contribution in [-0.4, -0.2) is 24.1 Å². The average molecular weight is 322 g/mol. The lowest BCUT2D eigenvalue weighted by Crippen LogP contribution is -2.48. The van der Waals surface area contributed by atoms with Crippen molar-refractivity contribution in [1.29, 1.82) is 0 Å². The van der Waals surface area contributed by atoms with Crippen LogP contribution in [0.2, 0.25) is 0 Å². The molecule has 0 aliphatic carbocycles. The largest absolute Gasteiger partial charge is 0.445 e. The number of rotatable bonds is 2. The van der Waals surface area contributed by atoms with E-state index in [1.807, 2.05) is 41.3 Å². The van der Waals surface area contributed by atoms with Crippen LogP contribution < -0.4 is 5.32 Å². The highest BCUT2D eigenvalue weighted by atomic mass is 16.6.